The van der Waals surface area contributed by atoms with Crippen LogP contribution >= 0.6 is 0 Å². The fraction of sp³-hybridized carbons (Fsp3) is 0.391. The zero-order valence-electron chi connectivity index (χ0n) is 16.6. The summed E-state index contributed by atoms with van der Waals surface area (Å²) in [7, 11) is 0. The van der Waals surface area contributed by atoms with E-state index in [4.69, 9.17) is 4.74 Å². The fourth-order valence-electron chi connectivity index (χ4n) is 3.50. The van der Waals surface area contributed by atoms with Gasteiger partial charge in [0.1, 0.15) is 11.8 Å². The molecule has 28 heavy (non-hydrogen) atoms. The van der Waals surface area contributed by atoms with Gasteiger partial charge in [-0.05, 0) is 42.0 Å². The molecule has 1 heterocycles. The monoisotopic (exact) mass is 380 g/mol. The number of rotatable bonds is 7. The molecule has 1 atom stereocenters. The summed E-state index contributed by atoms with van der Waals surface area (Å²) in [5.41, 5.74) is 2.48. The number of hydrogen-bond acceptors (Lipinski definition) is 3. The maximum atomic E-state index is 13.1. The molecule has 0 aromatic heterocycles. The van der Waals surface area contributed by atoms with Crippen LogP contribution in [0.25, 0.3) is 0 Å². The predicted octanol–water partition coefficient (Wildman–Crippen LogP) is 3.18. The number of ether oxygens (including phenoxy) is 1. The van der Waals surface area contributed by atoms with Crippen LogP contribution < -0.4 is 10.1 Å². The van der Waals surface area contributed by atoms with Crippen molar-refractivity contribution in [1.82, 2.24) is 10.2 Å². The summed E-state index contributed by atoms with van der Waals surface area (Å²) in [6, 6.07) is 16.9. The molecule has 0 saturated heterocycles. The Labute approximate surface area is 166 Å². The van der Waals surface area contributed by atoms with E-state index in [1.165, 1.54) is 11.1 Å². The van der Waals surface area contributed by atoms with Crippen molar-refractivity contribution in [3.63, 3.8) is 0 Å². The maximum absolute atomic E-state index is 13.1. The minimum Gasteiger partial charge on any atom is -0.484 e. The van der Waals surface area contributed by atoms with Gasteiger partial charge < -0.3 is 15.0 Å². The van der Waals surface area contributed by atoms with Crippen LogP contribution in [0, 0.1) is 5.92 Å². The molecule has 0 aliphatic carbocycles. The van der Waals surface area contributed by atoms with Crippen molar-refractivity contribution in [3.8, 4) is 5.75 Å². The van der Waals surface area contributed by atoms with Gasteiger partial charge in [0.15, 0.2) is 6.61 Å². The Morgan fingerprint density at radius 3 is 2.43 bits per heavy atom. The van der Waals surface area contributed by atoms with Gasteiger partial charge in [-0.3, -0.25) is 9.59 Å². The second kappa shape index (κ2) is 9.40. The van der Waals surface area contributed by atoms with Crippen molar-refractivity contribution in [2.75, 3.05) is 13.2 Å². The minimum atomic E-state index is -0.530. The molecule has 0 bridgehead atoms. The zero-order chi connectivity index (χ0) is 19.9. The van der Waals surface area contributed by atoms with Gasteiger partial charge in [0.2, 0.25) is 5.91 Å². The highest BCUT2D eigenvalue weighted by Gasteiger charge is 2.29. The first-order valence-electron chi connectivity index (χ1n) is 9.85. The van der Waals surface area contributed by atoms with E-state index in [-0.39, 0.29) is 18.4 Å². The molecule has 0 spiro atoms. The first kappa shape index (κ1) is 19.9. The molecular weight excluding hydrogens is 352 g/mol. The topological polar surface area (TPSA) is 58.6 Å². The summed E-state index contributed by atoms with van der Waals surface area (Å²) in [5, 5.41) is 2.88. The molecule has 2 amide bonds. The van der Waals surface area contributed by atoms with E-state index in [0.29, 0.717) is 31.2 Å². The lowest BCUT2D eigenvalue weighted by Gasteiger charge is -2.32. The molecule has 0 unspecified atom stereocenters. The summed E-state index contributed by atoms with van der Waals surface area (Å²) in [5.74, 6) is 0.634. The molecule has 1 N–H and O–H groups in total. The van der Waals surface area contributed by atoms with Gasteiger partial charge in [-0.1, -0.05) is 56.3 Å². The number of carbonyl (C=O) groups is 2. The molecule has 1 aliphatic rings. The van der Waals surface area contributed by atoms with Gasteiger partial charge in [0, 0.05) is 13.1 Å². The van der Waals surface area contributed by atoms with Crippen molar-refractivity contribution in [2.45, 2.75) is 39.3 Å². The maximum Gasteiger partial charge on any atom is 0.258 e. The predicted molar refractivity (Wildman–Crippen MR) is 109 cm³/mol. The highest BCUT2D eigenvalue weighted by atomic mass is 16.5. The van der Waals surface area contributed by atoms with Gasteiger partial charge >= 0.3 is 0 Å². The molecular formula is C23H28N2O3. The van der Waals surface area contributed by atoms with E-state index in [2.05, 4.69) is 31.3 Å². The Balaban J connectivity index is 1.61. The van der Waals surface area contributed by atoms with E-state index in [9.17, 15) is 9.59 Å². The number of amides is 2. The molecule has 148 valence electrons. The summed E-state index contributed by atoms with van der Waals surface area (Å²) in [4.78, 5) is 27.4. The smallest absolute Gasteiger partial charge is 0.258 e. The van der Waals surface area contributed by atoms with Crippen molar-refractivity contribution in [2.24, 2.45) is 5.92 Å². The first-order chi connectivity index (χ1) is 13.5. The van der Waals surface area contributed by atoms with Crippen molar-refractivity contribution >= 4 is 11.8 Å². The van der Waals surface area contributed by atoms with Gasteiger partial charge in [-0.15, -0.1) is 0 Å². The summed E-state index contributed by atoms with van der Waals surface area (Å²) in [6.07, 6.45) is 1.45. The average molecular weight is 380 g/mol. The average Bonchev–Trinajstić information content (AvgIpc) is 2.71. The van der Waals surface area contributed by atoms with E-state index in [1.54, 1.807) is 12.1 Å². The van der Waals surface area contributed by atoms with Crippen LogP contribution in [0.2, 0.25) is 0 Å². The third-order valence-corrected chi connectivity index (χ3v) is 4.90. The van der Waals surface area contributed by atoms with Crippen LogP contribution in [0.3, 0.4) is 0 Å². The molecule has 5 nitrogen and oxygen atoms in total. The standard InChI is InChI=1S/C23H28N2O3/c1-17(2)14-21(24-22(26)16-28-20-10-4-3-5-11-20)23(27)25-13-12-18-8-6-7-9-19(18)15-25/h3-11,17,21H,12-16H2,1-2H3,(H,24,26)/t21-/m0/s1. The Kier molecular flexibility index (Phi) is 6.69. The number of benzene rings is 2. The molecule has 1 aliphatic heterocycles. The highest BCUT2D eigenvalue weighted by molar-refractivity contribution is 5.88. The molecule has 0 saturated carbocycles. The molecule has 5 heteroatoms. The van der Waals surface area contributed by atoms with Crippen molar-refractivity contribution in [3.05, 3.63) is 65.7 Å². The molecule has 0 fully saturated rings. The second-order valence-corrected chi connectivity index (χ2v) is 7.63. The lowest BCUT2D eigenvalue weighted by molar-refractivity contribution is -0.138. The van der Waals surface area contributed by atoms with E-state index in [0.717, 1.165) is 6.42 Å². The summed E-state index contributed by atoms with van der Waals surface area (Å²) in [6.45, 7) is 5.28. The number of para-hydroxylation sites is 1. The second-order valence-electron chi connectivity index (χ2n) is 7.63. The van der Waals surface area contributed by atoms with Gasteiger partial charge in [-0.25, -0.2) is 0 Å². The van der Waals surface area contributed by atoms with E-state index in [1.807, 2.05) is 35.2 Å². The Bertz CT molecular complexity index is 805. The van der Waals surface area contributed by atoms with Crippen molar-refractivity contribution < 1.29 is 14.3 Å². The summed E-state index contributed by atoms with van der Waals surface area (Å²) >= 11 is 0. The Morgan fingerprint density at radius 1 is 1.04 bits per heavy atom. The highest BCUT2D eigenvalue weighted by Crippen LogP contribution is 2.20. The SMILES string of the molecule is CC(C)C[C@H](NC(=O)COc1ccccc1)C(=O)N1CCc2ccccc2C1. The third kappa shape index (κ3) is 5.35. The lowest BCUT2D eigenvalue weighted by Crippen LogP contribution is -2.51. The molecule has 2 aromatic carbocycles. The van der Waals surface area contributed by atoms with Crippen LogP contribution in [-0.4, -0.2) is 35.9 Å². The van der Waals surface area contributed by atoms with Crippen LogP contribution in [0.1, 0.15) is 31.4 Å². The minimum absolute atomic E-state index is 0.0173. The van der Waals surface area contributed by atoms with Gasteiger partial charge in [-0.2, -0.15) is 0 Å². The van der Waals surface area contributed by atoms with Crippen LogP contribution in [-0.2, 0) is 22.6 Å². The normalized spacial score (nSPS) is 14.3. The quantitative estimate of drug-likeness (QED) is 0.803. The molecule has 2 aromatic rings. The van der Waals surface area contributed by atoms with Crippen LogP contribution in [0.15, 0.2) is 54.6 Å². The van der Waals surface area contributed by atoms with Crippen LogP contribution in [0.4, 0.5) is 0 Å². The number of carbonyl (C=O) groups excluding carboxylic acids is 2. The fourth-order valence-corrected chi connectivity index (χ4v) is 3.50. The van der Waals surface area contributed by atoms with E-state index >= 15 is 0 Å². The number of fused-ring (bicyclic) bond motifs is 1. The molecule has 0 radical (unpaired) electrons. The largest absolute Gasteiger partial charge is 0.484 e. The zero-order valence-corrected chi connectivity index (χ0v) is 16.6. The Morgan fingerprint density at radius 2 is 1.71 bits per heavy atom. The van der Waals surface area contributed by atoms with Crippen molar-refractivity contribution in [1.29, 1.82) is 0 Å². The summed E-state index contributed by atoms with van der Waals surface area (Å²) < 4.78 is 5.51. The lowest BCUT2D eigenvalue weighted by atomic mass is 9.97. The van der Waals surface area contributed by atoms with Gasteiger partial charge in [0.25, 0.3) is 5.91 Å². The number of hydrogen-bond donors (Lipinski definition) is 1. The van der Waals surface area contributed by atoms with E-state index < -0.39 is 6.04 Å². The first-order valence-corrected chi connectivity index (χ1v) is 9.85. The third-order valence-electron chi connectivity index (χ3n) is 4.90. The Hall–Kier alpha value is -2.82. The molecule has 3 rings (SSSR count). The van der Waals surface area contributed by atoms with Crippen LogP contribution in [0.5, 0.6) is 5.75 Å². The number of nitrogens with zero attached hydrogens (tertiary/aromatic N) is 1. The van der Waals surface area contributed by atoms with Gasteiger partial charge in [0.05, 0.1) is 0 Å². The number of nitrogens with one attached hydrogen (secondary N) is 1.